The molecule has 0 amide bonds. The SMILES string of the molecule is CC(C)(C)Oc1nc2ccccc2nc1CCc1ccccc1. The molecule has 0 bridgehead atoms. The smallest absolute Gasteiger partial charge is 0.236 e. The molecule has 2 aromatic carbocycles. The summed E-state index contributed by atoms with van der Waals surface area (Å²) < 4.78 is 6.06. The number of ether oxygens (including phenoxy) is 1. The summed E-state index contributed by atoms with van der Waals surface area (Å²) >= 11 is 0. The molecule has 0 saturated heterocycles. The fraction of sp³-hybridized carbons (Fsp3) is 0.300. The van der Waals surface area contributed by atoms with Crippen LogP contribution in [-0.2, 0) is 12.8 Å². The monoisotopic (exact) mass is 306 g/mol. The molecule has 0 N–H and O–H groups in total. The highest BCUT2D eigenvalue weighted by molar-refractivity contribution is 5.74. The topological polar surface area (TPSA) is 35.0 Å². The van der Waals surface area contributed by atoms with Gasteiger partial charge in [0.1, 0.15) is 11.3 Å². The van der Waals surface area contributed by atoms with Crippen LogP contribution in [0.5, 0.6) is 5.88 Å². The van der Waals surface area contributed by atoms with Gasteiger partial charge in [-0.15, -0.1) is 0 Å². The summed E-state index contributed by atoms with van der Waals surface area (Å²) in [6, 6.07) is 18.4. The highest BCUT2D eigenvalue weighted by Gasteiger charge is 2.18. The van der Waals surface area contributed by atoms with Gasteiger partial charge >= 0.3 is 0 Å². The first-order valence-electron chi connectivity index (χ1n) is 8.00. The van der Waals surface area contributed by atoms with Gasteiger partial charge in [-0.05, 0) is 51.3 Å². The third-order valence-corrected chi connectivity index (χ3v) is 3.50. The zero-order valence-electron chi connectivity index (χ0n) is 13.9. The third kappa shape index (κ3) is 4.07. The number of aromatic nitrogens is 2. The second kappa shape index (κ2) is 6.37. The van der Waals surface area contributed by atoms with E-state index in [2.05, 4.69) is 29.2 Å². The van der Waals surface area contributed by atoms with Crippen molar-refractivity contribution in [3.05, 3.63) is 65.9 Å². The average Bonchev–Trinajstić information content (AvgIpc) is 2.52. The van der Waals surface area contributed by atoms with Crippen molar-refractivity contribution in [1.29, 1.82) is 0 Å². The molecule has 0 atom stereocenters. The minimum Gasteiger partial charge on any atom is -0.471 e. The van der Waals surface area contributed by atoms with Crippen LogP contribution in [0, 0.1) is 0 Å². The van der Waals surface area contributed by atoms with Crippen molar-refractivity contribution < 1.29 is 4.74 Å². The number of para-hydroxylation sites is 2. The molecule has 0 radical (unpaired) electrons. The van der Waals surface area contributed by atoms with Crippen molar-refractivity contribution in [1.82, 2.24) is 9.97 Å². The molecule has 0 aliphatic heterocycles. The second-order valence-corrected chi connectivity index (χ2v) is 6.66. The molecule has 3 nitrogen and oxygen atoms in total. The van der Waals surface area contributed by atoms with E-state index in [-0.39, 0.29) is 5.60 Å². The molecular weight excluding hydrogens is 284 g/mol. The van der Waals surface area contributed by atoms with E-state index >= 15 is 0 Å². The molecule has 0 unspecified atom stereocenters. The summed E-state index contributed by atoms with van der Waals surface area (Å²) in [6.07, 6.45) is 1.74. The maximum Gasteiger partial charge on any atom is 0.236 e. The van der Waals surface area contributed by atoms with Crippen LogP contribution in [0.25, 0.3) is 11.0 Å². The molecule has 0 saturated carbocycles. The highest BCUT2D eigenvalue weighted by atomic mass is 16.5. The summed E-state index contributed by atoms with van der Waals surface area (Å²) in [5, 5.41) is 0. The molecule has 0 spiro atoms. The number of hydrogen-bond acceptors (Lipinski definition) is 3. The number of fused-ring (bicyclic) bond motifs is 1. The Bertz CT molecular complexity index is 792. The summed E-state index contributed by atoms with van der Waals surface area (Å²) in [6.45, 7) is 6.10. The number of hydrogen-bond donors (Lipinski definition) is 0. The van der Waals surface area contributed by atoms with Crippen LogP contribution in [-0.4, -0.2) is 15.6 Å². The zero-order valence-corrected chi connectivity index (χ0v) is 13.9. The van der Waals surface area contributed by atoms with Gasteiger partial charge in [-0.1, -0.05) is 42.5 Å². The number of rotatable bonds is 4. The summed E-state index contributed by atoms with van der Waals surface area (Å²) in [4.78, 5) is 9.47. The van der Waals surface area contributed by atoms with Gasteiger partial charge in [0.2, 0.25) is 5.88 Å². The van der Waals surface area contributed by atoms with E-state index in [0.717, 1.165) is 29.6 Å². The molecule has 3 rings (SSSR count). The van der Waals surface area contributed by atoms with E-state index in [4.69, 9.17) is 9.72 Å². The maximum atomic E-state index is 6.06. The van der Waals surface area contributed by atoms with Crippen LogP contribution in [0.3, 0.4) is 0 Å². The van der Waals surface area contributed by atoms with Gasteiger partial charge in [0.05, 0.1) is 11.0 Å². The second-order valence-electron chi connectivity index (χ2n) is 6.66. The zero-order chi connectivity index (χ0) is 16.3. The van der Waals surface area contributed by atoms with Gasteiger partial charge in [-0.3, -0.25) is 0 Å². The van der Waals surface area contributed by atoms with Gasteiger partial charge in [-0.25, -0.2) is 9.97 Å². The summed E-state index contributed by atoms with van der Waals surface area (Å²) in [7, 11) is 0. The fourth-order valence-corrected chi connectivity index (χ4v) is 2.46. The van der Waals surface area contributed by atoms with E-state index < -0.39 is 0 Å². The van der Waals surface area contributed by atoms with Crippen molar-refractivity contribution in [3.63, 3.8) is 0 Å². The van der Waals surface area contributed by atoms with Crippen LogP contribution in [0.15, 0.2) is 54.6 Å². The Morgan fingerprint density at radius 3 is 2.04 bits per heavy atom. The molecular formula is C20H22N2O. The van der Waals surface area contributed by atoms with E-state index in [1.54, 1.807) is 0 Å². The molecule has 1 aromatic heterocycles. The first kappa shape index (κ1) is 15.5. The first-order chi connectivity index (χ1) is 11.0. The molecule has 3 aromatic rings. The van der Waals surface area contributed by atoms with Crippen molar-refractivity contribution >= 4 is 11.0 Å². The molecule has 0 fully saturated rings. The predicted molar refractivity (Wildman–Crippen MR) is 93.8 cm³/mol. The van der Waals surface area contributed by atoms with Gasteiger partial charge in [0, 0.05) is 0 Å². The lowest BCUT2D eigenvalue weighted by Gasteiger charge is -2.22. The number of nitrogens with zero attached hydrogens (tertiary/aromatic N) is 2. The van der Waals surface area contributed by atoms with Gasteiger partial charge < -0.3 is 4.74 Å². The standard InChI is InChI=1S/C20H22N2O/c1-20(2,3)23-19-18(14-13-15-9-5-4-6-10-15)21-16-11-7-8-12-17(16)22-19/h4-12H,13-14H2,1-3H3. The maximum absolute atomic E-state index is 6.06. The van der Waals surface area contributed by atoms with E-state index in [1.165, 1.54) is 5.56 Å². The lowest BCUT2D eigenvalue weighted by molar-refractivity contribution is 0.122. The Balaban J connectivity index is 1.93. The molecule has 1 heterocycles. The highest BCUT2D eigenvalue weighted by Crippen LogP contribution is 2.24. The van der Waals surface area contributed by atoms with Gasteiger partial charge in [0.25, 0.3) is 0 Å². The van der Waals surface area contributed by atoms with Crippen molar-refractivity contribution in [2.45, 2.75) is 39.2 Å². The Morgan fingerprint density at radius 2 is 1.39 bits per heavy atom. The number of aryl methyl sites for hydroxylation is 2. The van der Waals surface area contributed by atoms with Crippen LogP contribution in [0.2, 0.25) is 0 Å². The molecule has 23 heavy (non-hydrogen) atoms. The molecule has 0 aliphatic rings. The average molecular weight is 306 g/mol. The summed E-state index contributed by atoms with van der Waals surface area (Å²) in [5.41, 5.74) is 3.71. The van der Waals surface area contributed by atoms with Gasteiger partial charge in [-0.2, -0.15) is 0 Å². The summed E-state index contributed by atoms with van der Waals surface area (Å²) in [5.74, 6) is 0.645. The van der Waals surface area contributed by atoms with Crippen LogP contribution < -0.4 is 4.74 Å². The normalized spacial score (nSPS) is 11.6. The molecule has 3 heteroatoms. The predicted octanol–water partition coefficient (Wildman–Crippen LogP) is 4.59. The lowest BCUT2D eigenvalue weighted by Crippen LogP contribution is -2.24. The van der Waals surface area contributed by atoms with Crippen LogP contribution >= 0.6 is 0 Å². The van der Waals surface area contributed by atoms with Crippen LogP contribution in [0.1, 0.15) is 32.0 Å². The number of benzene rings is 2. The molecule has 0 aliphatic carbocycles. The van der Waals surface area contributed by atoms with Crippen molar-refractivity contribution in [2.75, 3.05) is 0 Å². The Labute approximate surface area is 137 Å². The molecule has 118 valence electrons. The van der Waals surface area contributed by atoms with Crippen molar-refractivity contribution in [2.24, 2.45) is 0 Å². The van der Waals surface area contributed by atoms with E-state index in [9.17, 15) is 0 Å². The minimum atomic E-state index is -0.293. The quantitative estimate of drug-likeness (QED) is 0.707. The Kier molecular flexibility index (Phi) is 4.28. The lowest BCUT2D eigenvalue weighted by atomic mass is 10.1. The largest absolute Gasteiger partial charge is 0.471 e. The van der Waals surface area contributed by atoms with Gasteiger partial charge in [0.15, 0.2) is 0 Å². The first-order valence-corrected chi connectivity index (χ1v) is 8.00. The van der Waals surface area contributed by atoms with E-state index in [1.807, 2.05) is 51.1 Å². The Hall–Kier alpha value is -2.42. The third-order valence-electron chi connectivity index (χ3n) is 3.50. The van der Waals surface area contributed by atoms with Crippen molar-refractivity contribution in [3.8, 4) is 5.88 Å². The fourth-order valence-electron chi connectivity index (χ4n) is 2.46. The minimum absolute atomic E-state index is 0.293. The van der Waals surface area contributed by atoms with E-state index in [0.29, 0.717) is 5.88 Å². The Morgan fingerprint density at radius 1 is 0.783 bits per heavy atom. The van der Waals surface area contributed by atoms with Crippen LogP contribution in [0.4, 0.5) is 0 Å².